The van der Waals surface area contributed by atoms with Crippen molar-refractivity contribution in [2.75, 3.05) is 12.4 Å². The summed E-state index contributed by atoms with van der Waals surface area (Å²) >= 11 is 0. The predicted molar refractivity (Wildman–Crippen MR) is 103 cm³/mol. The molecule has 0 aliphatic carbocycles. The number of nitrogens with zero attached hydrogens (tertiary/aromatic N) is 2. The van der Waals surface area contributed by atoms with E-state index in [2.05, 4.69) is 15.8 Å². The number of methoxy groups -OCH3 is 1. The van der Waals surface area contributed by atoms with Crippen LogP contribution in [0.15, 0.2) is 72.0 Å². The first-order chi connectivity index (χ1) is 12.7. The molecule has 3 aromatic rings. The number of nitrogens with one attached hydrogen (secondary N) is 2. The van der Waals surface area contributed by atoms with Gasteiger partial charge in [-0.25, -0.2) is 10.2 Å². The molecule has 132 valence electrons. The van der Waals surface area contributed by atoms with Crippen LogP contribution in [0.4, 0.5) is 10.5 Å². The Morgan fingerprint density at radius 1 is 1.08 bits per heavy atom. The minimum absolute atomic E-state index is 0.396. The molecule has 0 spiro atoms. The van der Waals surface area contributed by atoms with Crippen LogP contribution in [0.1, 0.15) is 11.3 Å². The van der Waals surface area contributed by atoms with Crippen LogP contribution in [-0.2, 0) is 0 Å². The van der Waals surface area contributed by atoms with E-state index in [1.165, 1.54) is 0 Å². The highest BCUT2D eigenvalue weighted by Crippen LogP contribution is 2.16. The number of aromatic nitrogens is 1. The summed E-state index contributed by atoms with van der Waals surface area (Å²) < 4.78 is 7.13. The first kappa shape index (κ1) is 17.3. The maximum atomic E-state index is 11.9. The minimum Gasteiger partial charge on any atom is -0.497 e. The van der Waals surface area contributed by atoms with Crippen LogP contribution in [0.2, 0.25) is 0 Å². The molecule has 1 aromatic heterocycles. The van der Waals surface area contributed by atoms with Crippen molar-refractivity contribution in [3.05, 3.63) is 78.1 Å². The summed E-state index contributed by atoms with van der Waals surface area (Å²) in [6.45, 7) is 1.99. The molecule has 1 heterocycles. The molecule has 6 heteroatoms. The number of ether oxygens (including phenoxy) is 1. The van der Waals surface area contributed by atoms with Gasteiger partial charge in [-0.3, -0.25) is 0 Å². The van der Waals surface area contributed by atoms with Crippen molar-refractivity contribution in [3.63, 3.8) is 0 Å². The summed E-state index contributed by atoms with van der Waals surface area (Å²) in [5.74, 6) is 0.797. The molecule has 0 aliphatic rings. The maximum absolute atomic E-state index is 11.9. The molecule has 0 radical (unpaired) electrons. The van der Waals surface area contributed by atoms with E-state index in [1.54, 1.807) is 13.3 Å². The number of hydrogen-bond donors (Lipinski definition) is 2. The number of aryl methyl sites for hydroxylation is 1. The Labute approximate surface area is 152 Å². The number of hydrazone groups is 1. The van der Waals surface area contributed by atoms with E-state index in [4.69, 9.17) is 4.74 Å². The van der Waals surface area contributed by atoms with Gasteiger partial charge in [0.15, 0.2) is 0 Å². The first-order valence-corrected chi connectivity index (χ1v) is 8.14. The second kappa shape index (κ2) is 8.02. The molecule has 0 saturated carbocycles. The Morgan fingerprint density at radius 2 is 1.81 bits per heavy atom. The number of urea groups is 1. The van der Waals surface area contributed by atoms with E-state index in [0.29, 0.717) is 5.69 Å². The van der Waals surface area contributed by atoms with Crippen LogP contribution in [-0.4, -0.2) is 23.9 Å². The molecule has 6 nitrogen and oxygen atoms in total. The summed E-state index contributed by atoms with van der Waals surface area (Å²) in [4.78, 5) is 11.9. The molecule has 26 heavy (non-hydrogen) atoms. The molecule has 2 aromatic carbocycles. The zero-order valence-corrected chi connectivity index (χ0v) is 14.6. The van der Waals surface area contributed by atoms with Gasteiger partial charge < -0.3 is 14.6 Å². The standard InChI is InChI=1S/C20H20N4O2/c1-15-5-7-16(8-6-15)22-20(25)23-21-14-18-4-3-13-24(18)17-9-11-19(26-2)12-10-17/h3-14H,1-2H3,(H2,22,23,25)/b21-14+. The third kappa shape index (κ3) is 4.30. The summed E-state index contributed by atoms with van der Waals surface area (Å²) in [5, 5.41) is 6.74. The van der Waals surface area contributed by atoms with Gasteiger partial charge in [0.05, 0.1) is 19.0 Å². The van der Waals surface area contributed by atoms with Crippen molar-refractivity contribution in [3.8, 4) is 11.4 Å². The molecule has 0 saturated heterocycles. The van der Waals surface area contributed by atoms with E-state index in [-0.39, 0.29) is 0 Å². The maximum Gasteiger partial charge on any atom is 0.339 e. The Morgan fingerprint density at radius 3 is 2.50 bits per heavy atom. The third-order valence-corrected chi connectivity index (χ3v) is 3.80. The highest BCUT2D eigenvalue weighted by atomic mass is 16.5. The lowest BCUT2D eigenvalue weighted by Gasteiger charge is -2.07. The van der Waals surface area contributed by atoms with E-state index < -0.39 is 6.03 Å². The largest absolute Gasteiger partial charge is 0.497 e. The van der Waals surface area contributed by atoms with Gasteiger partial charge in [-0.1, -0.05) is 17.7 Å². The lowest BCUT2D eigenvalue weighted by atomic mass is 10.2. The summed E-state index contributed by atoms with van der Waals surface area (Å²) in [6.07, 6.45) is 3.52. The van der Waals surface area contributed by atoms with E-state index in [9.17, 15) is 4.79 Å². The SMILES string of the molecule is COc1ccc(-n2cccc2/C=N/NC(=O)Nc2ccc(C)cc2)cc1. The first-order valence-electron chi connectivity index (χ1n) is 8.14. The average molecular weight is 348 g/mol. The lowest BCUT2D eigenvalue weighted by Crippen LogP contribution is -2.24. The van der Waals surface area contributed by atoms with Crippen LogP contribution in [0.25, 0.3) is 5.69 Å². The molecule has 2 amide bonds. The van der Waals surface area contributed by atoms with Crippen molar-refractivity contribution < 1.29 is 9.53 Å². The highest BCUT2D eigenvalue weighted by Gasteiger charge is 2.03. The predicted octanol–water partition coefficient (Wildman–Crippen LogP) is 3.95. The van der Waals surface area contributed by atoms with E-state index in [1.807, 2.05) is 78.4 Å². The third-order valence-electron chi connectivity index (χ3n) is 3.80. The molecular weight excluding hydrogens is 328 g/mol. The smallest absolute Gasteiger partial charge is 0.339 e. The average Bonchev–Trinajstić information content (AvgIpc) is 3.12. The number of anilines is 1. The van der Waals surface area contributed by atoms with Crippen molar-refractivity contribution in [1.82, 2.24) is 9.99 Å². The quantitative estimate of drug-likeness (QED) is 0.541. The van der Waals surface area contributed by atoms with Crippen molar-refractivity contribution in [2.45, 2.75) is 6.92 Å². The monoisotopic (exact) mass is 348 g/mol. The summed E-state index contributed by atoms with van der Waals surface area (Å²) in [7, 11) is 1.63. The minimum atomic E-state index is -0.396. The molecular formula is C20H20N4O2. The van der Waals surface area contributed by atoms with E-state index >= 15 is 0 Å². The van der Waals surface area contributed by atoms with Gasteiger partial charge in [0, 0.05) is 17.6 Å². The summed E-state index contributed by atoms with van der Waals surface area (Å²) in [5.41, 5.74) is 6.12. The molecule has 0 bridgehead atoms. The zero-order valence-electron chi connectivity index (χ0n) is 14.6. The Kier molecular flexibility index (Phi) is 5.34. The second-order valence-electron chi connectivity index (χ2n) is 5.69. The molecule has 0 unspecified atom stereocenters. The van der Waals surface area contributed by atoms with Crippen molar-refractivity contribution in [1.29, 1.82) is 0 Å². The molecule has 3 rings (SSSR count). The lowest BCUT2D eigenvalue weighted by molar-refractivity contribution is 0.252. The van der Waals surface area contributed by atoms with Gasteiger partial charge in [-0.15, -0.1) is 0 Å². The molecule has 0 fully saturated rings. The molecule has 2 N–H and O–H groups in total. The number of carbonyl (C=O) groups excluding carboxylic acids is 1. The van der Waals surface area contributed by atoms with Gasteiger partial charge in [0.25, 0.3) is 0 Å². The Bertz CT molecular complexity index is 896. The summed E-state index contributed by atoms with van der Waals surface area (Å²) in [6, 6.07) is 18.7. The Hall–Kier alpha value is -3.54. The van der Waals surface area contributed by atoms with Gasteiger partial charge in [0.1, 0.15) is 5.75 Å². The fraction of sp³-hybridized carbons (Fsp3) is 0.100. The van der Waals surface area contributed by atoms with Gasteiger partial charge in [-0.2, -0.15) is 5.10 Å². The number of carbonyl (C=O) groups is 1. The fourth-order valence-corrected chi connectivity index (χ4v) is 2.43. The highest BCUT2D eigenvalue weighted by molar-refractivity contribution is 5.90. The van der Waals surface area contributed by atoms with E-state index in [0.717, 1.165) is 22.7 Å². The fourth-order valence-electron chi connectivity index (χ4n) is 2.43. The van der Waals surface area contributed by atoms with Crippen molar-refractivity contribution in [2.24, 2.45) is 5.10 Å². The van der Waals surface area contributed by atoms with Crippen LogP contribution in [0.3, 0.4) is 0 Å². The van der Waals surface area contributed by atoms with Gasteiger partial charge in [-0.05, 0) is 55.5 Å². The number of hydrogen-bond acceptors (Lipinski definition) is 3. The molecule has 0 aliphatic heterocycles. The van der Waals surface area contributed by atoms with Crippen LogP contribution >= 0.6 is 0 Å². The van der Waals surface area contributed by atoms with Crippen LogP contribution in [0, 0.1) is 6.92 Å². The van der Waals surface area contributed by atoms with Gasteiger partial charge >= 0.3 is 6.03 Å². The molecule has 0 atom stereocenters. The zero-order chi connectivity index (χ0) is 18.4. The number of benzene rings is 2. The normalized spacial score (nSPS) is 10.7. The van der Waals surface area contributed by atoms with Crippen LogP contribution < -0.4 is 15.5 Å². The van der Waals surface area contributed by atoms with Crippen molar-refractivity contribution >= 4 is 17.9 Å². The van der Waals surface area contributed by atoms with Crippen LogP contribution in [0.5, 0.6) is 5.75 Å². The Balaban J connectivity index is 1.63. The topological polar surface area (TPSA) is 67.6 Å². The number of amides is 2. The second-order valence-corrected chi connectivity index (χ2v) is 5.69. The van der Waals surface area contributed by atoms with Gasteiger partial charge in [0.2, 0.25) is 0 Å². The number of rotatable bonds is 5.